The zero-order valence-electron chi connectivity index (χ0n) is 11.7. The summed E-state index contributed by atoms with van der Waals surface area (Å²) in [5.41, 5.74) is -1.15. The number of phenols is 6. The van der Waals surface area contributed by atoms with E-state index < -0.39 is 57.6 Å². The Bertz CT molecular complexity index is 797. The van der Waals surface area contributed by atoms with Crippen molar-refractivity contribution in [3.63, 3.8) is 0 Å². The molecule has 10 nitrogen and oxygen atoms in total. The minimum absolute atomic E-state index is 0.453. The number of carbonyl (C=O) groups is 2. The summed E-state index contributed by atoms with van der Waals surface area (Å²) in [6.45, 7) is 0. The van der Waals surface area contributed by atoms with Crippen LogP contribution in [-0.2, 0) is 0 Å². The third-order valence-corrected chi connectivity index (χ3v) is 2.71. The Morgan fingerprint density at radius 1 is 0.583 bits per heavy atom. The first kappa shape index (κ1) is 18.2. The first-order chi connectivity index (χ1) is 11.1. The molecule has 10 heteroatoms. The van der Waals surface area contributed by atoms with E-state index in [1.807, 2.05) is 0 Å². The lowest BCUT2D eigenvalue weighted by molar-refractivity contribution is 0.0679. The van der Waals surface area contributed by atoms with Crippen LogP contribution in [0.1, 0.15) is 20.7 Å². The fourth-order valence-corrected chi connectivity index (χ4v) is 1.52. The summed E-state index contributed by atoms with van der Waals surface area (Å²) in [5.74, 6) is -7.08. The van der Waals surface area contributed by atoms with E-state index >= 15 is 0 Å². The van der Waals surface area contributed by atoms with Crippen molar-refractivity contribution in [1.29, 1.82) is 0 Å². The van der Waals surface area contributed by atoms with Crippen LogP contribution in [0.5, 0.6) is 34.5 Å². The van der Waals surface area contributed by atoms with Crippen LogP contribution in [0, 0.1) is 0 Å². The van der Waals surface area contributed by atoms with Gasteiger partial charge in [-0.1, -0.05) is 0 Å². The number of phenolic OH excluding ortho intramolecular Hbond substituents is 3. The minimum atomic E-state index is -1.50. The smallest absolute Gasteiger partial charge is 0.343 e. The molecule has 2 rings (SSSR count). The van der Waals surface area contributed by atoms with Gasteiger partial charge in [-0.3, -0.25) is 0 Å². The van der Waals surface area contributed by atoms with Crippen LogP contribution in [0.15, 0.2) is 24.3 Å². The second kappa shape index (κ2) is 6.96. The topological polar surface area (TPSA) is 196 Å². The summed E-state index contributed by atoms with van der Waals surface area (Å²) >= 11 is 0. The Balaban J connectivity index is 0.000000240. The molecule has 2 aromatic carbocycles. The monoisotopic (exact) mass is 340 g/mol. The van der Waals surface area contributed by atoms with Crippen LogP contribution in [0.2, 0.25) is 0 Å². The van der Waals surface area contributed by atoms with Crippen LogP contribution in [0.25, 0.3) is 0 Å². The summed E-state index contributed by atoms with van der Waals surface area (Å²) in [7, 11) is 0. The molecule has 8 N–H and O–H groups in total. The maximum atomic E-state index is 10.4. The van der Waals surface area contributed by atoms with E-state index in [2.05, 4.69) is 0 Å². The van der Waals surface area contributed by atoms with Crippen molar-refractivity contribution in [2.75, 3.05) is 0 Å². The van der Waals surface area contributed by atoms with E-state index in [0.29, 0.717) is 0 Å². The van der Waals surface area contributed by atoms with E-state index in [4.69, 9.17) is 40.9 Å². The Hall–Kier alpha value is -3.82. The van der Waals surface area contributed by atoms with E-state index in [1.54, 1.807) is 0 Å². The molecule has 0 aromatic heterocycles. The molecule has 0 aliphatic heterocycles. The highest BCUT2D eigenvalue weighted by Gasteiger charge is 2.18. The molecule has 0 unspecified atom stereocenters. The molecule has 24 heavy (non-hydrogen) atoms. The van der Waals surface area contributed by atoms with Gasteiger partial charge < -0.3 is 40.9 Å². The van der Waals surface area contributed by atoms with Gasteiger partial charge in [0, 0.05) is 0 Å². The highest BCUT2D eigenvalue weighted by molar-refractivity contribution is 5.95. The van der Waals surface area contributed by atoms with Crippen molar-refractivity contribution in [2.24, 2.45) is 0 Å². The fraction of sp³-hybridized carbons (Fsp3) is 0. The van der Waals surface area contributed by atoms with Crippen LogP contribution < -0.4 is 0 Å². The molecule has 128 valence electrons. The zero-order valence-corrected chi connectivity index (χ0v) is 11.7. The van der Waals surface area contributed by atoms with Gasteiger partial charge in [0.15, 0.2) is 23.0 Å². The predicted octanol–water partition coefficient (Wildman–Crippen LogP) is 1.00. The van der Waals surface area contributed by atoms with Crippen molar-refractivity contribution in [2.45, 2.75) is 0 Å². The van der Waals surface area contributed by atoms with Crippen molar-refractivity contribution < 1.29 is 50.4 Å². The van der Waals surface area contributed by atoms with Gasteiger partial charge in [-0.25, -0.2) is 9.59 Å². The van der Waals surface area contributed by atoms with Crippen LogP contribution >= 0.6 is 0 Å². The first-order valence-corrected chi connectivity index (χ1v) is 6.02. The van der Waals surface area contributed by atoms with E-state index in [1.165, 1.54) is 0 Å². The van der Waals surface area contributed by atoms with Crippen LogP contribution in [0.3, 0.4) is 0 Å². The molecule has 0 heterocycles. The third-order valence-electron chi connectivity index (χ3n) is 2.71. The summed E-state index contributed by atoms with van der Waals surface area (Å²) in [6, 6.07) is 3.96. The minimum Gasteiger partial charge on any atom is -0.507 e. The van der Waals surface area contributed by atoms with Crippen LogP contribution in [-0.4, -0.2) is 52.8 Å². The number of aromatic hydroxyl groups is 6. The molecular weight excluding hydrogens is 328 g/mol. The molecule has 2 aromatic rings. The second-order valence-corrected chi connectivity index (χ2v) is 4.27. The third kappa shape index (κ3) is 3.68. The fourth-order valence-electron chi connectivity index (χ4n) is 1.52. The number of hydrogen-bond donors (Lipinski definition) is 8. The van der Waals surface area contributed by atoms with Crippen molar-refractivity contribution in [3.8, 4) is 34.5 Å². The Morgan fingerprint density at radius 2 is 1.04 bits per heavy atom. The maximum absolute atomic E-state index is 10.4. The van der Waals surface area contributed by atoms with Gasteiger partial charge >= 0.3 is 11.9 Å². The number of aromatic carboxylic acids is 2. The summed E-state index contributed by atoms with van der Waals surface area (Å²) < 4.78 is 0. The van der Waals surface area contributed by atoms with Crippen molar-refractivity contribution in [3.05, 3.63) is 35.4 Å². The summed E-state index contributed by atoms with van der Waals surface area (Å²) in [6.07, 6.45) is 0. The Labute approximate surface area is 133 Å². The number of hydrogen-bond acceptors (Lipinski definition) is 8. The van der Waals surface area contributed by atoms with Crippen molar-refractivity contribution >= 4 is 11.9 Å². The normalized spacial score (nSPS) is 9.67. The lowest BCUT2D eigenvalue weighted by Crippen LogP contribution is -1.97. The number of rotatable bonds is 2. The van der Waals surface area contributed by atoms with E-state index in [-0.39, 0.29) is 0 Å². The Kier molecular flexibility index (Phi) is 5.29. The molecule has 0 saturated carbocycles. The number of carboxylic acids is 2. The quantitative estimate of drug-likeness (QED) is 0.288. The lowest BCUT2D eigenvalue weighted by Gasteiger charge is -2.03. The molecule has 0 fully saturated rings. The van der Waals surface area contributed by atoms with E-state index in [9.17, 15) is 9.59 Å². The molecule has 0 bridgehead atoms. The molecule has 0 radical (unpaired) electrons. The number of carboxylic acid groups (broad SMARTS) is 2. The van der Waals surface area contributed by atoms with Crippen molar-refractivity contribution in [1.82, 2.24) is 0 Å². The summed E-state index contributed by atoms with van der Waals surface area (Å²) in [4.78, 5) is 20.7. The predicted molar refractivity (Wildman–Crippen MR) is 76.8 cm³/mol. The van der Waals surface area contributed by atoms with Gasteiger partial charge in [-0.05, 0) is 24.3 Å². The van der Waals surface area contributed by atoms with Gasteiger partial charge in [0.25, 0.3) is 0 Å². The highest BCUT2D eigenvalue weighted by Crippen LogP contribution is 2.37. The van der Waals surface area contributed by atoms with Gasteiger partial charge in [-0.15, -0.1) is 0 Å². The average Bonchev–Trinajstić information content (AvgIpc) is 2.49. The molecule has 0 amide bonds. The van der Waals surface area contributed by atoms with Gasteiger partial charge in [0.1, 0.15) is 16.9 Å². The van der Waals surface area contributed by atoms with Gasteiger partial charge in [0.2, 0.25) is 5.75 Å². The molecule has 0 atom stereocenters. The Morgan fingerprint density at radius 3 is 1.50 bits per heavy atom. The molecule has 0 saturated heterocycles. The van der Waals surface area contributed by atoms with Gasteiger partial charge in [-0.2, -0.15) is 0 Å². The van der Waals surface area contributed by atoms with Crippen LogP contribution in [0.4, 0.5) is 0 Å². The SMILES string of the molecule is O=C(O)c1c(O)ccc(O)c1O.O=C(O)c1ccc(O)c(O)c1O. The van der Waals surface area contributed by atoms with E-state index in [0.717, 1.165) is 24.3 Å². The zero-order chi connectivity index (χ0) is 18.6. The highest BCUT2D eigenvalue weighted by atomic mass is 16.4. The molecular formula is C14H12O10. The maximum Gasteiger partial charge on any atom is 0.343 e. The molecule has 0 aliphatic rings. The first-order valence-electron chi connectivity index (χ1n) is 6.02. The largest absolute Gasteiger partial charge is 0.507 e. The molecule has 0 aliphatic carbocycles. The number of benzene rings is 2. The standard InChI is InChI=1S/2C7H6O5/c8-3-1-2-4(9)6(10)5(3)7(11)12;8-4-2-1-3(7(11)12)5(9)6(4)10/h2*1-2,8-10H,(H,11,12). The second-order valence-electron chi connectivity index (χ2n) is 4.27. The lowest BCUT2D eigenvalue weighted by atomic mass is 10.1. The summed E-state index contributed by atoms with van der Waals surface area (Å²) in [5, 5.41) is 70.2. The average molecular weight is 340 g/mol. The van der Waals surface area contributed by atoms with Gasteiger partial charge in [0.05, 0.1) is 0 Å². The molecule has 0 spiro atoms.